The normalized spacial score (nSPS) is 11.7. The van der Waals surface area contributed by atoms with Crippen LogP contribution in [0.4, 0.5) is 13.2 Å². The van der Waals surface area contributed by atoms with Crippen molar-refractivity contribution in [1.82, 2.24) is 25.0 Å². The predicted molar refractivity (Wildman–Crippen MR) is 103 cm³/mol. The van der Waals surface area contributed by atoms with E-state index in [2.05, 4.69) is 15.4 Å². The van der Waals surface area contributed by atoms with Crippen molar-refractivity contribution in [3.63, 3.8) is 0 Å². The Morgan fingerprint density at radius 1 is 1.17 bits per heavy atom. The maximum atomic E-state index is 13.5. The van der Waals surface area contributed by atoms with Crippen LogP contribution < -0.4 is 5.32 Å². The van der Waals surface area contributed by atoms with E-state index in [4.69, 9.17) is 0 Å². The van der Waals surface area contributed by atoms with Crippen LogP contribution in [0, 0.1) is 0 Å². The standard InChI is InChI=1S/C20H20F3N5O/c1-27(2)11-10-25-19(29)14-5-7-16(8-6-14)28-18(20(21,22)23)12-17(26-28)15-4-3-9-24-13-15/h3-9,12-13H,10-11H2,1-2H3,(H,25,29). The molecule has 0 unspecified atom stereocenters. The summed E-state index contributed by atoms with van der Waals surface area (Å²) in [6.07, 6.45) is -1.60. The number of rotatable bonds is 6. The molecule has 0 saturated carbocycles. The molecule has 9 heteroatoms. The number of amides is 1. The zero-order valence-electron chi connectivity index (χ0n) is 15.9. The van der Waals surface area contributed by atoms with Gasteiger partial charge in [0.25, 0.3) is 5.91 Å². The Bertz CT molecular complexity index is 966. The molecule has 0 atom stereocenters. The number of aromatic nitrogens is 3. The molecule has 0 saturated heterocycles. The lowest BCUT2D eigenvalue weighted by atomic mass is 10.2. The quantitative estimate of drug-likeness (QED) is 0.686. The number of pyridine rings is 1. The van der Waals surface area contributed by atoms with Crippen molar-refractivity contribution in [2.75, 3.05) is 27.2 Å². The number of halogens is 3. The van der Waals surface area contributed by atoms with Gasteiger partial charge < -0.3 is 10.2 Å². The molecule has 0 aliphatic carbocycles. The molecule has 3 aromatic rings. The van der Waals surface area contributed by atoms with E-state index in [0.717, 1.165) is 10.7 Å². The van der Waals surface area contributed by atoms with Crippen LogP contribution in [0.25, 0.3) is 16.9 Å². The molecule has 1 N–H and O–H groups in total. The minimum atomic E-state index is -4.59. The Hall–Kier alpha value is -3.20. The highest BCUT2D eigenvalue weighted by molar-refractivity contribution is 5.94. The summed E-state index contributed by atoms with van der Waals surface area (Å²) in [5.74, 6) is -0.286. The summed E-state index contributed by atoms with van der Waals surface area (Å²) >= 11 is 0. The fraction of sp³-hybridized carbons (Fsp3) is 0.250. The van der Waals surface area contributed by atoms with Crippen LogP contribution in [-0.2, 0) is 6.18 Å². The summed E-state index contributed by atoms with van der Waals surface area (Å²) in [4.78, 5) is 18.0. The highest BCUT2D eigenvalue weighted by Crippen LogP contribution is 2.33. The minimum Gasteiger partial charge on any atom is -0.351 e. The number of nitrogens with zero attached hydrogens (tertiary/aromatic N) is 4. The third-order valence-electron chi connectivity index (χ3n) is 4.18. The molecule has 2 aromatic heterocycles. The van der Waals surface area contributed by atoms with Crippen molar-refractivity contribution in [2.45, 2.75) is 6.18 Å². The molecule has 3 rings (SSSR count). The Morgan fingerprint density at radius 3 is 2.48 bits per heavy atom. The number of hydrogen-bond donors (Lipinski definition) is 1. The highest BCUT2D eigenvalue weighted by Gasteiger charge is 2.36. The molecule has 0 fully saturated rings. The highest BCUT2D eigenvalue weighted by atomic mass is 19.4. The SMILES string of the molecule is CN(C)CCNC(=O)c1ccc(-n2nc(-c3cccnc3)cc2C(F)(F)F)cc1. The first kappa shape index (κ1) is 20.5. The van der Waals surface area contributed by atoms with Crippen LogP contribution in [-0.4, -0.2) is 52.8 Å². The third kappa shape index (κ3) is 5.00. The van der Waals surface area contributed by atoms with Crippen LogP contribution >= 0.6 is 0 Å². The van der Waals surface area contributed by atoms with E-state index in [1.807, 2.05) is 19.0 Å². The summed E-state index contributed by atoms with van der Waals surface area (Å²) in [5.41, 5.74) is 0.308. The lowest BCUT2D eigenvalue weighted by Crippen LogP contribution is -2.31. The monoisotopic (exact) mass is 403 g/mol. The third-order valence-corrected chi connectivity index (χ3v) is 4.18. The van der Waals surface area contributed by atoms with Crippen molar-refractivity contribution in [3.8, 4) is 16.9 Å². The lowest BCUT2D eigenvalue weighted by Gasteiger charge is -2.12. The van der Waals surface area contributed by atoms with Gasteiger partial charge in [0.2, 0.25) is 0 Å². The Labute approximate surface area is 166 Å². The zero-order chi connectivity index (χ0) is 21.0. The van der Waals surface area contributed by atoms with Crippen molar-refractivity contribution >= 4 is 5.91 Å². The molecule has 1 aromatic carbocycles. The second-order valence-electron chi connectivity index (χ2n) is 6.67. The molecule has 152 valence electrons. The minimum absolute atomic E-state index is 0.163. The molecule has 0 radical (unpaired) electrons. The van der Waals surface area contributed by atoms with E-state index >= 15 is 0 Å². The van der Waals surface area contributed by atoms with Gasteiger partial charge in [-0.3, -0.25) is 9.78 Å². The molecule has 0 aliphatic rings. The van der Waals surface area contributed by atoms with E-state index in [9.17, 15) is 18.0 Å². The van der Waals surface area contributed by atoms with Gasteiger partial charge in [0, 0.05) is 36.6 Å². The van der Waals surface area contributed by atoms with Gasteiger partial charge in [-0.1, -0.05) is 0 Å². The van der Waals surface area contributed by atoms with Gasteiger partial charge in [0.05, 0.1) is 11.4 Å². The largest absolute Gasteiger partial charge is 0.433 e. The summed E-state index contributed by atoms with van der Waals surface area (Å²) < 4.78 is 41.4. The summed E-state index contributed by atoms with van der Waals surface area (Å²) in [6.45, 7) is 1.16. The molecule has 0 spiro atoms. The van der Waals surface area contributed by atoms with Crippen LogP contribution in [0.15, 0.2) is 54.9 Å². The number of carbonyl (C=O) groups excluding carboxylic acids is 1. The smallest absolute Gasteiger partial charge is 0.351 e. The molecule has 0 bridgehead atoms. The fourth-order valence-electron chi connectivity index (χ4n) is 2.68. The Balaban J connectivity index is 1.88. The van der Waals surface area contributed by atoms with Crippen molar-refractivity contribution in [1.29, 1.82) is 0 Å². The molecule has 0 aliphatic heterocycles. The summed E-state index contributed by atoms with van der Waals surface area (Å²) in [7, 11) is 3.78. The maximum Gasteiger partial charge on any atom is 0.433 e. The molecule has 2 heterocycles. The van der Waals surface area contributed by atoms with Gasteiger partial charge in [0.15, 0.2) is 0 Å². The number of benzene rings is 1. The predicted octanol–water partition coefficient (Wildman–Crippen LogP) is 3.24. The van der Waals surface area contributed by atoms with E-state index in [-0.39, 0.29) is 17.3 Å². The van der Waals surface area contributed by atoms with Crippen LogP contribution in [0.2, 0.25) is 0 Å². The number of likely N-dealkylation sites (N-methyl/N-ethyl adjacent to an activating group) is 1. The fourth-order valence-corrected chi connectivity index (χ4v) is 2.68. The van der Waals surface area contributed by atoms with E-state index < -0.39 is 11.9 Å². The average molecular weight is 403 g/mol. The molecule has 1 amide bonds. The first-order valence-corrected chi connectivity index (χ1v) is 8.87. The van der Waals surface area contributed by atoms with Crippen molar-refractivity contribution < 1.29 is 18.0 Å². The topological polar surface area (TPSA) is 63.1 Å². The molecule has 6 nitrogen and oxygen atoms in total. The van der Waals surface area contributed by atoms with E-state index in [1.54, 1.807) is 12.1 Å². The van der Waals surface area contributed by atoms with Gasteiger partial charge in [-0.05, 0) is 56.6 Å². The van der Waals surface area contributed by atoms with E-state index in [0.29, 0.717) is 24.2 Å². The van der Waals surface area contributed by atoms with Crippen LogP contribution in [0.3, 0.4) is 0 Å². The van der Waals surface area contributed by atoms with Gasteiger partial charge in [0.1, 0.15) is 5.69 Å². The summed E-state index contributed by atoms with van der Waals surface area (Å²) in [5, 5.41) is 6.87. The van der Waals surface area contributed by atoms with Gasteiger partial charge >= 0.3 is 6.18 Å². The summed E-state index contributed by atoms with van der Waals surface area (Å²) in [6, 6.07) is 10.1. The number of hydrogen-bond acceptors (Lipinski definition) is 4. The second-order valence-corrected chi connectivity index (χ2v) is 6.67. The Kier molecular flexibility index (Phi) is 5.97. The van der Waals surface area contributed by atoms with Gasteiger partial charge in [-0.15, -0.1) is 0 Å². The molecular weight excluding hydrogens is 383 g/mol. The van der Waals surface area contributed by atoms with Crippen LogP contribution in [0.5, 0.6) is 0 Å². The van der Waals surface area contributed by atoms with E-state index in [1.165, 1.54) is 36.7 Å². The molecule has 29 heavy (non-hydrogen) atoms. The van der Waals surface area contributed by atoms with Gasteiger partial charge in [-0.25, -0.2) is 4.68 Å². The number of carbonyl (C=O) groups is 1. The van der Waals surface area contributed by atoms with Gasteiger partial charge in [-0.2, -0.15) is 18.3 Å². The van der Waals surface area contributed by atoms with Crippen LogP contribution in [0.1, 0.15) is 16.1 Å². The van der Waals surface area contributed by atoms with Crippen molar-refractivity contribution in [2.24, 2.45) is 0 Å². The Morgan fingerprint density at radius 2 is 1.90 bits per heavy atom. The maximum absolute atomic E-state index is 13.5. The second kappa shape index (κ2) is 8.44. The first-order chi connectivity index (χ1) is 13.8. The lowest BCUT2D eigenvalue weighted by molar-refractivity contribution is -0.142. The molecular formula is C20H20F3N5O. The first-order valence-electron chi connectivity index (χ1n) is 8.87. The average Bonchev–Trinajstić information content (AvgIpc) is 3.14. The zero-order valence-corrected chi connectivity index (χ0v) is 15.9. The number of nitrogens with one attached hydrogen (secondary N) is 1. The number of alkyl halides is 3. The van der Waals surface area contributed by atoms with Crippen molar-refractivity contribution in [3.05, 3.63) is 66.1 Å².